The van der Waals surface area contributed by atoms with Gasteiger partial charge < -0.3 is 9.80 Å². The minimum absolute atomic E-state index is 1.07. The van der Waals surface area contributed by atoms with E-state index in [1.807, 2.05) is 0 Å². The molecule has 0 unspecified atom stereocenters. The average Bonchev–Trinajstić information content (AvgIpc) is 3.23. The summed E-state index contributed by atoms with van der Waals surface area (Å²) in [5.41, 5.74) is 20.0. The molecule has 2 heteroatoms. The van der Waals surface area contributed by atoms with E-state index in [1.54, 1.807) is 0 Å². The third-order valence-electron chi connectivity index (χ3n) is 11.1. The van der Waals surface area contributed by atoms with Gasteiger partial charge in [0.1, 0.15) is 0 Å². The minimum atomic E-state index is 1.07. The second-order valence-electron chi connectivity index (χ2n) is 15.4. The standard InChI is InChI=1S/C54H56N2/c1-7-9-15-47-17-11-13-19-51(47)55(53-37-39(3)21-23-41(53)5)49-33-29-45(30-34-49)43-25-27-44(28-26-43)46-31-35-50(36-32-46)56(54-38-40(4)22-24-42(54)6)52-20-14-12-18-48(52)16-10-8-2/h11-14,17-38H,7-10,15-16H2,1-6H3. The summed E-state index contributed by atoms with van der Waals surface area (Å²) < 4.78 is 0. The fourth-order valence-corrected chi connectivity index (χ4v) is 7.81. The monoisotopic (exact) mass is 732 g/mol. The van der Waals surface area contributed by atoms with E-state index in [2.05, 4.69) is 209 Å². The number of aryl methyl sites for hydroxylation is 6. The van der Waals surface area contributed by atoms with E-state index in [0.717, 1.165) is 12.8 Å². The quantitative estimate of drug-likeness (QED) is 0.110. The van der Waals surface area contributed by atoms with Crippen LogP contribution in [-0.4, -0.2) is 0 Å². The van der Waals surface area contributed by atoms with Gasteiger partial charge in [0.25, 0.3) is 0 Å². The first kappa shape index (κ1) is 38.4. The molecule has 0 bridgehead atoms. The van der Waals surface area contributed by atoms with Gasteiger partial charge in [-0.3, -0.25) is 0 Å². The second-order valence-corrected chi connectivity index (χ2v) is 15.4. The summed E-state index contributed by atoms with van der Waals surface area (Å²) in [4.78, 5) is 4.91. The van der Waals surface area contributed by atoms with Crippen molar-refractivity contribution in [1.82, 2.24) is 0 Å². The smallest absolute Gasteiger partial charge is 0.0493 e. The maximum absolute atomic E-state index is 2.45. The van der Waals surface area contributed by atoms with Gasteiger partial charge in [0.2, 0.25) is 0 Å². The second kappa shape index (κ2) is 17.7. The van der Waals surface area contributed by atoms with E-state index < -0.39 is 0 Å². The highest BCUT2D eigenvalue weighted by molar-refractivity contribution is 5.84. The Labute approximate surface area is 336 Å². The summed E-state index contributed by atoms with van der Waals surface area (Å²) in [7, 11) is 0. The SMILES string of the molecule is CCCCc1ccccc1N(c1ccc(-c2ccc(-c3ccc(N(c4cc(C)ccc4C)c4ccccc4CCCC)cc3)cc2)cc1)c1cc(C)ccc1C. The van der Waals surface area contributed by atoms with Crippen LogP contribution < -0.4 is 9.80 Å². The number of nitrogens with zero attached hydrogens (tertiary/aromatic N) is 2. The van der Waals surface area contributed by atoms with Gasteiger partial charge in [-0.05, 0) is 158 Å². The van der Waals surface area contributed by atoms with Crippen LogP contribution in [0, 0.1) is 27.7 Å². The van der Waals surface area contributed by atoms with Crippen molar-refractivity contribution in [2.45, 2.75) is 80.1 Å². The molecule has 7 rings (SSSR count). The number of hydrogen-bond acceptors (Lipinski definition) is 2. The van der Waals surface area contributed by atoms with Crippen molar-refractivity contribution in [3.8, 4) is 22.3 Å². The van der Waals surface area contributed by atoms with Crippen LogP contribution in [0.15, 0.2) is 158 Å². The Bertz CT molecular complexity index is 2200. The van der Waals surface area contributed by atoms with Gasteiger partial charge in [-0.1, -0.05) is 136 Å². The zero-order valence-electron chi connectivity index (χ0n) is 34.1. The summed E-state index contributed by atoms with van der Waals surface area (Å²) in [5, 5.41) is 0. The Hall–Kier alpha value is -5.86. The van der Waals surface area contributed by atoms with E-state index >= 15 is 0 Å². The molecule has 0 saturated carbocycles. The molecule has 0 spiro atoms. The molecule has 0 N–H and O–H groups in total. The Balaban J connectivity index is 1.17. The zero-order valence-corrected chi connectivity index (χ0v) is 34.1. The van der Waals surface area contributed by atoms with Gasteiger partial charge in [-0.25, -0.2) is 0 Å². The molecule has 0 aliphatic heterocycles. The molecule has 282 valence electrons. The van der Waals surface area contributed by atoms with Crippen LogP contribution in [-0.2, 0) is 12.8 Å². The first-order valence-corrected chi connectivity index (χ1v) is 20.6. The zero-order chi connectivity index (χ0) is 39.0. The van der Waals surface area contributed by atoms with Gasteiger partial charge in [-0.15, -0.1) is 0 Å². The molecule has 0 aliphatic rings. The van der Waals surface area contributed by atoms with Gasteiger partial charge in [0, 0.05) is 34.1 Å². The van der Waals surface area contributed by atoms with Gasteiger partial charge >= 0.3 is 0 Å². The molecular formula is C54H56N2. The van der Waals surface area contributed by atoms with E-state index in [4.69, 9.17) is 0 Å². The molecule has 0 saturated heterocycles. The van der Waals surface area contributed by atoms with Crippen molar-refractivity contribution in [2.75, 3.05) is 9.80 Å². The molecule has 7 aromatic rings. The van der Waals surface area contributed by atoms with Crippen molar-refractivity contribution in [3.63, 3.8) is 0 Å². The first-order chi connectivity index (χ1) is 27.3. The summed E-state index contributed by atoms with van der Waals surface area (Å²) in [6.07, 6.45) is 6.85. The highest BCUT2D eigenvalue weighted by Crippen LogP contribution is 2.42. The first-order valence-electron chi connectivity index (χ1n) is 20.6. The summed E-state index contributed by atoms with van der Waals surface area (Å²) in [5.74, 6) is 0. The maximum Gasteiger partial charge on any atom is 0.0493 e. The fraction of sp³-hybridized carbons (Fsp3) is 0.222. The summed E-state index contributed by atoms with van der Waals surface area (Å²) in [6.45, 7) is 13.3. The van der Waals surface area contributed by atoms with Crippen molar-refractivity contribution in [2.24, 2.45) is 0 Å². The van der Waals surface area contributed by atoms with Gasteiger partial charge in [-0.2, -0.15) is 0 Å². The Morgan fingerprint density at radius 1 is 0.357 bits per heavy atom. The van der Waals surface area contributed by atoms with Crippen LogP contribution in [0.5, 0.6) is 0 Å². The highest BCUT2D eigenvalue weighted by atomic mass is 15.2. The minimum Gasteiger partial charge on any atom is -0.310 e. The lowest BCUT2D eigenvalue weighted by Gasteiger charge is -2.29. The number of anilines is 6. The summed E-state index contributed by atoms with van der Waals surface area (Å²) >= 11 is 0. The molecule has 56 heavy (non-hydrogen) atoms. The topological polar surface area (TPSA) is 6.48 Å². The molecule has 7 aromatic carbocycles. The Kier molecular flexibility index (Phi) is 12.2. The lowest BCUT2D eigenvalue weighted by molar-refractivity contribution is 0.794. The Morgan fingerprint density at radius 3 is 1.05 bits per heavy atom. The third kappa shape index (κ3) is 8.51. The van der Waals surface area contributed by atoms with Crippen LogP contribution in [0.4, 0.5) is 34.1 Å². The molecule has 0 fully saturated rings. The normalized spacial score (nSPS) is 11.1. The van der Waals surface area contributed by atoms with Gasteiger partial charge in [0.15, 0.2) is 0 Å². The van der Waals surface area contributed by atoms with Crippen molar-refractivity contribution >= 4 is 34.1 Å². The molecule has 0 heterocycles. The lowest BCUT2D eigenvalue weighted by atomic mass is 9.98. The molecule has 0 atom stereocenters. The van der Waals surface area contributed by atoms with E-state index in [0.29, 0.717) is 0 Å². The summed E-state index contributed by atoms with van der Waals surface area (Å²) in [6, 6.07) is 58.6. The molecular weight excluding hydrogens is 677 g/mol. The predicted octanol–water partition coefficient (Wildman–Crippen LogP) is 15.9. The van der Waals surface area contributed by atoms with E-state index in [-0.39, 0.29) is 0 Å². The number of unbranched alkanes of at least 4 members (excludes halogenated alkanes) is 2. The molecule has 0 amide bonds. The van der Waals surface area contributed by atoms with Gasteiger partial charge in [0.05, 0.1) is 0 Å². The predicted molar refractivity (Wildman–Crippen MR) is 243 cm³/mol. The van der Waals surface area contributed by atoms with E-state index in [1.165, 1.54) is 115 Å². The Morgan fingerprint density at radius 2 is 0.696 bits per heavy atom. The number of rotatable bonds is 14. The third-order valence-corrected chi connectivity index (χ3v) is 11.1. The molecule has 0 aliphatic carbocycles. The highest BCUT2D eigenvalue weighted by Gasteiger charge is 2.20. The van der Waals surface area contributed by atoms with Crippen LogP contribution in [0.25, 0.3) is 22.3 Å². The molecule has 2 nitrogen and oxygen atoms in total. The number of hydrogen-bond donors (Lipinski definition) is 0. The van der Waals surface area contributed by atoms with Crippen LogP contribution in [0.1, 0.15) is 72.9 Å². The lowest BCUT2D eigenvalue weighted by Crippen LogP contribution is -2.13. The largest absolute Gasteiger partial charge is 0.310 e. The molecule has 0 aromatic heterocycles. The van der Waals surface area contributed by atoms with Crippen molar-refractivity contribution in [1.29, 1.82) is 0 Å². The van der Waals surface area contributed by atoms with Crippen LogP contribution >= 0.6 is 0 Å². The number of para-hydroxylation sites is 2. The van der Waals surface area contributed by atoms with Crippen molar-refractivity contribution < 1.29 is 0 Å². The number of benzene rings is 7. The fourth-order valence-electron chi connectivity index (χ4n) is 7.81. The average molecular weight is 733 g/mol. The maximum atomic E-state index is 2.45. The van der Waals surface area contributed by atoms with E-state index in [9.17, 15) is 0 Å². The van der Waals surface area contributed by atoms with Crippen LogP contribution in [0.3, 0.4) is 0 Å². The van der Waals surface area contributed by atoms with Crippen LogP contribution in [0.2, 0.25) is 0 Å². The van der Waals surface area contributed by atoms with Crippen molar-refractivity contribution in [3.05, 3.63) is 191 Å². The molecule has 0 radical (unpaired) electrons.